The van der Waals surface area contributed by atoms with Crippen LogP contribution in [0.5, 0.6) is 11.5 Å². The van der Waals surface area contributed by atoms with Gasteiger partial charge in [-0.2, -0.15) is 0 Å². The molecule has 0 heterocycles. The standard InChI is InChI=1S/C18H22N2O4/c1-22-15-9-13(19)10-16(23-2)17(15)12-6-4-11(5-7-12)8-14(20)18(21)24-3/h4-7,9-10,14H,8,19-20H2,1-3H3/t14-/m0/s1. The third-order valence-electron chi connectivity index (χ3n) is 3.73. The number of methoxy groups -OCH3 is 3. The van der Waals surface area contributed by atoms with Gasteiger partial charge < -0.3 is 25.7 Å². The lowest BCUT2D eigenvalue weighted by Gasteiger charge is -2.15. The second kappa shape index (κ2) is 7.70. The number of anilines is 1. The summed E-state index contributed by atoms with van der Waals surface area (Å²) in [5.41, 5.74) is 14.9. The molecule has 24 heavy (non-hydrogen) atoms. The van der Waals surface area contributed by atoms with Crippen molar-refractivity contribution < 1.29 is 19.0 Å². The van der Waals surface area contributed by atoms with Crippen LogP contribution in [-0.4, -0.2) is 33.3 Å². The molecule has 6 nitrogen and oxygen atoms in total. The van der Waals surface area contributed by atoms with Crippen LogP contribution in [0.1, 0.15) is 5.56 Å². The summed E-state index contributed by atoms with van der Waals surface area (Å²) >= 11 is 0. The monoisotopic (exact) mass is 330 g/mol. The molecular weight excluding hydrogens is 308 g/mol. The highest BCUT2D eigenvalue weighted by Gasteiger charge is 2.16. The molecule has 0 spiro atoms. The van der Waals surface area contributed by atoms with Crippen LogP contribution in [0.4, 0.5) is 5.69 Å². The molecular formula is C18H22N2O4. The minimum absolute atomic E-state index is 0.406. The summed E-state index contributed by atoms with van der Waals surface area (Å²) in [6.45, 7) is 0. The van der Waals surface area contributed by atoms with Gasteiger partial charge in [-0.3, -0.25) is 4.79 Å². The minimum atomic E-state index is -0.679. The van der Waals surface area contributed by atoms with Crippen molar-refractivity contribution in [1.29, 1.82) is 0 Å². The molecule has 0 fully saturated rings. The van der Waals surface area contributed by atoms with E-state index in [1.165, 1.54) is 7.11 Å². The SMILES string of the molecule is COC(=O)[C@@H](N)Cc1ccc(-c2c(OC)cc(N)cc2OC)cc1. The molecule has 6 heteroatoms. The van der Waals surface area contributed by atoms with Crippen LogP contribution in [-0.2, 0) is 16.0 Å². The zero-order chi connectivity index (χ0) is 17.7. The van der Waals surface area contributed by atoms with Crippen LogP contribution in [0.25, 0.3) is 11.1 Å². The second-order valence-corrected chi connectivity index (χ2v) is 5.33. The number of hydrogen-bond donors (Lipinski definition) is 2. The van der Waals surface area contributed by atoms with Gasteiger partial charge in [-0.1, -0.05) is 24.3 Å². The third-order valence-corrected chi connectivity index (χ3v) is 3.73. The minimum Gasteiger partial charge on any atom is -0.496 e. The average molecular weight is 330 g/mol. The molecule has 0 aliphatic carbocycles. The van der Waals surface area contributed by atoms with E-state index in [1.54, 1.807) is 26.4 Å². The summed E-state index contributed by atoms with van der Waals surface area (Å²) in [5, 5.41) is 0. The zero-order valence-corrected chi connectivity index (χ0v) is 14.0. The van der Waals surface area contributed by atoms with E-state index in [9.17, 15) is 4.79 Å². The number of ether oxygens (including phenoxy) is 3. The molecule has 0 bridgehead atoms. The fourth-order valence-electron chi connectivity index (χ4n) is 2.51. The predicted octanol–water partition coefficient (Wildman–Crippen LogP) is 2.00. The van der Waals surface area contributed by atoms with Gasteiger partial charge in [0.05, 0.1) is 26.9 Å². The topological polar surface area (TPSA) is 96.8 Å². The van der Waals surface area contributed by atoms with Gasteiger partial charge in [-0.05, 0) is 17.5 Å². The largest absolute Gasteiger partial charge is 0.496 e. The molecule has 1 atom stereocenters. The summed E-state index contributed by atoms with van der Waals surface area (Å²) in [5.74, 6) is 0.831. The molecule has 0 saturated heterocycles. The van der Waals surface area contributed by atoms with Crippen LogP contribution in [0.3, 0.4) is 0 Å². The van der Waals surface area contributed by atoms with Gasteiger partial charge in [-0.15, -0.1) is 0 Å². The van der Waals surface area contributed by atoms with Crippen LogP contribution in [0, 0.1) is 0 Å². The fraction of sp³-hybridized carbons (Fsp3) is 0.278. The van der Waals surface area contributed by atoms with E-state index in [0.717, 1.165) is 16.7 Å². The Bertz CT molecular complexity index is 688. The van der Waals surface area contributed by atoms with Gasteiger partial charge in [0, 0.05) is 17.8 Å². The molecule has 2 rings (SSSR count). The number of nitrogen functional groups attached to an aromatic ring is 1. The summed E-state index contributed by atoms with van der Waals surface area (Å²) in [6, 6.07) is 10.5. The molecule has 0 unspecified atom stereocenters. The van der Waals surface area contributed by atoms with Crippen LogP contribution in [0.2, 0.25) is 0 Å². The van der Waals surface area contributed by atoms with E-state index in [4.69, 9.17) is 20.9 Å². The first-order valence-electron chi connectivity index (χ1n) is 7.44. The Balaban J connectivity index is 2.33. The Labute approximate surface area is 141 Å². The maximum atomic E-state index is 11.4. The highest BCUT2D eigenvalue weighted by atomic mass is 16.5. The van der Waals surface area contributed by atoms with Crippen molar-refractivity contribution in [1.82, 2.24) is 0 Å². The number of nitrogens with two attached hydrogens (primary N) is 2. The zero-order valence-electron chi connectivity index (χ0n) is 14.0. The summed E-state index contributed by atoms with van der Waals surface area (Å²) in [4.78, 5) is 11.4. The van der Waals surface area contributed by atoms with Crippen molar-refractivity contribution >= 4 is 11.7 Å². The molecule has 2 aromatic rings. The second-order valence-electron chi connectivity index (χ2n) is 5.33. The molecule has 0 amide bonds. The van der Waals surface area contributed by atoms with Crippen molar-refractivity contribution in [2.75, 3.05) is 27.1 Å². The highest BCUT2D eigenvalue weighted by Crippen LogP contribution is 2.40. The predicted molar refractivity (Wildman–Crippen MR) is 93.1 cm³/mol. The Hall–Kier alpha value is -2.73. The van der Waals surface area contributed by atoms with Crippen molar-refractivity contribution in [2.24, 2.45) is 5.73 Å². The highest BCUT2D eigenvalue weighted by molar-refractivity contribution is 5.80. The van der Waals surface area contributed by atoms with E-state index in [1.807, 2.05) is 24.3 Å². The Morgan fingerprint density at radius 1 is 1.04 bits per heavy atom. The number of benzene rings is 2. The average Bonchev–Trinajstić information content (AvgIpc) is 2.60. The number of esters is 1. The molecule has 2 aromatic carbocycles. The van der Waals surface area contributed by atoms with E-state index >= 15 is 0 Å². The van der Waals surface area contributed by atoms with Crippen LogP contribution < -0.4 is 20.9 Å². The number of hydrogen-bond acceptors (Lipinski definition) is 6. The Morgan fingerprint density at radius 3 is 2.04 bits per heavy atom. The molecule has 4 N–H and O–H groups in total. The molecule has 0 aliphatic heterocycles. The van der Waals surface area contributed by atoms with Crippen molar-refractivity contribution in [3.63, 3.8) is 0 Å². The lowest BCUT2D eigenvalue weighted by atomic mass is 9.99. The lowest BCUT2D eigenvalue weighted by molar-refractivity contribution is -0.142. The summed E-state index contributed by atoms with van der Waals surface area (Å²) < 4.78 is 15.5. The fourth-order valence-corrected chi connectivity index (χ4v) is 2.51. The van der Waals surface area contributed by atoms with Gasteiger partial charge in [-0.25, -0.2) is 0 Å². The summed E-state index contributed by atoms with van der Waals surface area (Å²) in [7, 11) is 4.49. The van der Waals surface area contributed by atoms with Gasteiger partial charge in [0.15, 0.2) is 0 Å². The molecule has 0 aromatic heterocycles. The smallest absolute Gasteiger partial charge is 0.322 e. The number of carbonyl (C=O) groups is 1. The van der Waals surface area contributed by atoms with Gasteiger partial charge in [0.2, 0.25) is 0 Å². The van der Waals surface area contributed by atoms with Crippen molar-refractivity contribution in [3.8, 4) is 22.6 Å². The first-order valence-corrected chi connectivity index (χ1v) is 7.44. The normalized spacial score (nSPS) is 11.7. The Kier molecular flexibility index (Phi) is 5.65. The molecule has 0 radical (unpaired) electrons. The van der Waals surface area contributed by atoms with Gasteiger partial charge >= 0.3 is 5.97 Å². The first-order chi connectivity index (χ1) is 11.5. The maximum absolute atomic E-state index is 11.4. The number of rotatable bonds is 6. The van der Waals surface area contributed by atoms with Gasteiger partial charge in [0.1, 0.15) is 17.5 Å². The van der Waals surface area contributed by atoms with Crippen molar-refractivity contribution in [3.05, 3.63) is 42.0 Å². The third kappa shape index (κ3) is 3.78. The molecule has 128 valence electrons. The number of carbonyl (C=O) groups excluding carboxylic acids is 1. The maximum Gasteiger partial charge on any atom is 0.322 e. The Morgan fingerprint density at radius 2 is 1.58 bits per heavy atom. The quantitative estimate of drug-likeness (QED) is 0.621. The van der Waals surface area contributed by atoms with E-state index in [0.29, 0.717) is 23.6 Å². The van der Waals surface area contributed by atoms with E-state index in [2.05, 4.69) is 4.74 Å². The van der Waals surface area contributed by atoms with Crippen LogP contribution >= 0.6 is 0 Å². The lowest BCUT2D eigenvalue weighted by Crippen LogP contribution is -2.33. The van der Waals surface area contributed by atoms with Crippen molar-refractivity contribution in [2.45, 2.75) is 12.5 Å². The van der Waals surface area contributed by atoms with Gasteiger partial charge in [0.25, 0.3) is 0 Å². The first kappa shape index (κ1) is 17.6. The van der Waals surface area contributed by atoms with E-state index in [-0.39, 0.29) is 0 Å². The molecule has 0 saturated carbocycles. The molecule has 0 aliphatic rings. The van der Waals surface area contributed by atoms with E-state index < -0.39 is 12.0 Å². The van der Waals surface area contributed by atoms with Crippen LogP contribution in [0.15, 0.2) is 36.4 Å². The summed E-state index contributed by atoms with van der Waals surface area (Å²) in [6.07, 6.45) is 0.406.